The maximum Gasteiger partial charge on any atom is 0.150 e. The van der Waals surface area contributed by atoms with E-state index in [-0.39, 0.29) is 0 Å². The minimum Gasteiger partial charge on any atom is -0.497 e. The maximum atomic E-state index is 11.3. The van der Waals surface area contributed by atoms with Gasteiger partial charge in [0.15, 0.2) is 6.29 Å². The van der Waals surface area contributed by atoms with Gasteiger partial charge >= 0.3 is 0 Å². The SMILES string of the molecule is COc1ccc(-c2ccc(OC)cc2SC)c(C=O)c1. The van der Waals surface area contributed by atoms with Gasteiger partial charge in [-0.15, -0.1) is 11.8 Å². The van der Waals surface area contributed by atoms with Crippen molar-refractivity contribution in [1.29, 1.82) is 0 Å². The molecule has 0 amide bonds. The van der Waals surface area contributed by atoms with Gasteiger partial charge in [-0.05, 0) is 53.8 Å². The molecule has 0 heterocycles. The summed E-state index contributed by atoms with van der Waals surface area (Å²) in [5.74, 6) is 1.48. The third-order valence-corrected chi connectivity index (χ3v) is 3.86. The summed E-state index contributed by atoms with van der Waals surface area (Å²) in [6.45, 7) is 0. The van der Waals surface area contributed by atoms with Crippen molar-refractivity contribution >= 4 is 18.0 Å². The number of aldehydes is 1. The highest BCUT2D eigenvalue weighted by Crippen LogP contribution is 2.35. The lowest BCUT2D eigenvalue weighted by Crippen LogP contribution is -1.93. The molecule has 0 spiro atoms. The zero-order valence-corrected chi connectivity index (χ0v) is 12.5. The summed E-state index contributed by atoms with van der Waals surface area (Å²) in [5.41, 5.74) is 2.53. The van der Waals surface area contributed by atoms with E-state index >= 15 is 0 Å². The van der Waals surface area contributed by atoms with Crippen LogP contribution in [-0.4, -0.2) is 26.8 Å². The Balaban J connectivity index is 2.58. The molecule has 3 nitrogen and oxygen atoms in total. The Morgan fingerprint density at radius 2 is 1.55 bits per heavy atom. The fourth-order valence-corrected chi connectivity index (χ4v) is 2.66. The van der Waals surface area contributed by atoms with E-state index in [1.54, 1.807) is 32.0 Å². The first-order chi connectivity index (χ1) is 9.73. The summed E-state index contributed by atoms with van der Waals surface area (Å²) >= 11 is 1.62. The molecule has 2 aromatic carbocycles. The van der Waals surface area contributed by atoms with Gasteiger partial charge < -0.3 is 9.47 Å². The van der Waals surface area contributed by atoms with Crippen LogP contribution in [0.2, 0.25) is 0 Å². The van der Waals surface area contributed by atoms with Crippen LogP contribution in [0.5, 0.6) is 11.5 Å². The van der Waals surface area contributed by atoms with Crippen LogP contribution < -0.4 is 9.47 Å². The third kappa shape index (κ3) is 2.80. The number of hydrogen-bond acceptors (Lipinski definition) is 4. The first kappa shape index (κ1) is 14.5. The molecule has 0 aromatic heterocycles. The number of ether oxygens (including phenoxy) is 2. The molecule has 2 rings (SSSR count). The van der Waals surface area contributed by atoms with E-state index in [0.29, 0.717) is 11.3 Å². The molecule has 0 atom stereocenters. The third-order valence-electron chi connectivity index (χ3n) is 3.08. The molecule has 0 fully saturated rings. The second kappa shape index (κ2) is 6.48. The normalized spacial score (nSPS) is 10.2. The first-order valence-electron chi connectivity index (χ1n) is 6.09. The van der Waals surface area contributed by atoms with Crippen molar-refractivity contribution in [2.45, 2.75) is 4.90 Å². The van der Waals surface area contributed by atoms with E-state index in [1.165, 1.54) is 0 Å². The van der Waals surface area contributed by atoms with Crippen molar-refractivity contribution in [3.8, 4) is 22.6 Å². The topological polar surface area (TPSA) is 35.5 Å². The monoisotopic (exact) mass is 288 g/mol. The molecule has 0 aliphatic rings. The van der Waals surface area contributed by atoms with Crippen LogP contribution in [0.25, 0.3) is 11.1 Å². The van der Waals surface area contributed by atoms with Gasteiger partial charge in [-0.2, -0.15) is 0 Å². The van der Waals surface area contributed by atoms with Gasteiger partial charge in [-0.3, -0.25) is 4.79 Å². The summed E-state index contributed by atoms with van der Waals surface area (Å²) in [7, 11) is 3.23. The van der Waals surface area contributed by atoms with Crippen molar-refractivity contribution in [3.63, 3.8) is 0 Å². The van der Waals surface area contributed by atoms with Crippen LogP contribution in [0, 0.1) is 0 Å². The highest BCUT2D eigenvalue weighted by Gasteiger charge is 2.11. The van der Waals surface area contributed by atoms with Gasteiger partial charge in [0.25, 0.3) is 0 Å². The van der Waals surface area contributed by atoms with Gasteiger partial charge in [0, 0.05) is 10.5 Å². The van der Waals surface area contributed by atoms with E-state index in [0.717, 1.165) is 28.1 Å². The highest BCUT2D eigenvalue weighted by molar-refractivity contribution is 7.98. The van der Waals surface area contributed by atoms with Crippen molar-refractivity contribution in [1.82, 2.24) is 0 Å². The summed E-state index contributed by atoms with van der Waals surface area (Å²) < 4.78 is 10.4. The average molecular weight is 288 g/mol. The Hall–Kier alpha value is -1.94. The lowest BCUT2D eigenvalue weighted by Gasteiger charge is -2.12. The lowest BCUT2D eigenvalue weighted by molar-refractivity contribution is 0.112. The van der Waals surface area contributed by atoms with Crippen molar-refractivity contribution in [3.05, 3.63) is 42.0 Å². The number of benzene rings is 2. The zero-order chi connectivity index (χ0) is 14.5. The lowest BCUT2D eigenvalue weighted by atomic mass is 10.00. The predicted molar refractivity (Wildman–Crippen MR) is 82.2 cm³/mol. The highest BCUT2D eigenvalue weighted by atomic mass is 32.2. The maximum absolute atomic E-state index is 11.3. The standard InChI is InChI=1S/C16H16O3S/c1-18-12-4-6-14(11(8-12)10-17)15-7-5-13(19-2)9-16(15)20-3/h4-10H,1-3H3. The van der Waals surface area contributed by atoms with E-state index in [2.05, 4.69) is 0 Å². The van der Waals surface area contributed by atoms with Crippen LogP contribution in [0.1, 0.15) is 10.4 Å². The Bertz CT molecular complexity index is 623. The van der Waals surface area contributed by atoms with Gasteiger partial charge in [0.1, 0.15) is 11.5 Å². The van der Waals surface area contributed by atoms with Crippen LogP contribution in [0.3, 0.4) is 0 Å². The number of carbonyl (C=O) groups excluding carboxylic acids is 1. The quantitative estimate of drug-likeness (QED) is 0.617. The van der Waals surface area contributed by atoms with Gasteiger partial charge in [-0.25, -0.2) is 0 Å². The second-order valence-electron chi connectivity index (χ2n) is 4.14. The predicted octanol–water partition coefficient (Wildman–Crippen LogP) is 3.91. The Morgan fingerprint density at radius 1 is 0.950 bits per heavy atom. The van der Waals surface area contributed by atoms with E-state index in [9.17, 15) is 4.79 Å². The second-order valence-corrected chi connectivity index (χ2v) is 4.99. The fraction of sp³-hybridized carbons (Fsp3) is 0.188. The first-order valence-corrected chi connectivity index (χ1v) is 7.31. The number of rotatable bonds is 5. The Labute approximate surface area is 122 Å². The Kier molecular flexibility index (Phi) is 4.69. The van der Waals surface area contributed by atoms with E-state index in [1.807, 2.05) is 36.6 Å². The molecule has 2 aromatic rings. The van der Waals surface area contributed by atoms with Crippen molar-refractivity contribution < 1.29 is 14.3 Å². The van der Waals surface area contributed by atoms with E-state index < -0.39 is 0 Å². The minimum atomic E-state index is 0.616. The largest absolute Gasteiger partial charge is 0.497 e. The number of carbonyl (C=O) groups is 1. The fourth-order valence-electron chi connectivity index (χ4n) is 2.03. The van der Waals surface area contributed by atoms with Gasteiger partial charge in [-0.1, -0.05) is 0 Å². The molecule has 4 heteroatoms. The molecular weight excluding hydrogens is 272 g/mol. The molecule has 0 aliphatic carbocycles. The van der Waals surface area contributed by atoms with Gasteiger partial charge in [0.05, 0.1) is 14.2 Å². The molecular formula is C16H16O3S. The molecule has 0 radical (unpaired) electrons. The van der Waals surface area contributed by atoms with Crippen molar-refractivity contribution in [2.24, 2.45) is 0 Å². The minimum absolute atomic E-state index is 0.616. The molecule has 0 bridgehead atoms. The summed E-state index contributed by atoms with van der Waals surface area (Å²) in [5, 5.41) is 0. The van der Waals surface area contributed by atoms with Crippen LogP contribution in [0.4, 0.5) is 0 Å². The number of methoxy groups -OCH3 is 2. The Morgan fingerprint density at radius 3 is 2.10 bits per heavy atom. The number of thioether (sulfide) groups is 1. The summed E-state index contributed by atoms with van der Waals surface area (Å²) in [6.07, 6.45) is 2.86. The van der Waals surface area contributed by atoms with Crippen LogP contribution >= 0.6 is 11.8 Å². The van der Waals surface area contributed by atoms with Crippen LogP contribution in [0.15, 0.2) is 41.3 Å². The smallest absolute Gasteiger partial charge is 0.150 e. The summed E-state index contributed by atoms with van der Waals surface area (Å²) in [6, 6.07) is 11.4. The molecule has 0 unspecified atom stereocenters. The molecule has 104 valence electrons. The molecule has 0 saturated heterocycles. The van der Waals surface area contributed by atoms with Crippen molar-refractivity contribution in [2.75, 3.05) is 20.5 Å². The van der Waals surface area contributed by atoms with Gasteiger partial charge in [0.2, 0.25) is 0 Å². The average Bonchev–Trinajstić information content (AvgIpc) is 2.53. The zero-order valence-electron chi connectivity index (χ0n) is 11.7. The summed E-state index contributed by atoms with van der Waals surface area (Å²) in [4.78, 5) is 12.4. The van der Waals surface area contributed by atoms with Crippen LogP contribution in [-0.2, 0) is 0 Å². The molecule has 0 saturated carbocycles. The van der Waals surface area contributed by atoms with E-state index in [4.69, 9.17) is 9.47 Å². The molecule has 0 N–H and O–H groups in total. The molecule has 20 heavy (non-hydrogen) atoms. The number of hydrogen-bond donors (Lipinski definition) is 0. The molecule has 0 aliphatic heterocycles.